The van der Waals surface area contributed by atoms with Crippen molar-refractivity contribution in [1.29, 1.82) is 0 Å². The second-order valence-electron chi connectivity index (χ2n) is 2.64. The molecule has 0 aromatic heterocycles. The van der Waals surface area contributed by atoms with E-state index < -0.39 is 18.4 Å². The Bertz CT molecular complexity index is 368. The van der Waals surface area contributed by atoms with Crippen molar-refractivity contribution < 1.29 is 66.1 Å². The summed E-state index contributed by atoms with van der Waals surface area (Å²) < 4.78 is 0. The molecule has 1 amide bonds. The van der Waals surface area contributed by atoms with Gasteiger partial charge in [-0.15, -0.1) is 0 Å². The molecule has 0 aliphatic rings. The van der Waals surface area contributed by atoms with Gasteiger partial charge in [-0.2, -0.15) is 0 Å². The van der Waals surface area contributed by atoms with E-state index in [-0.39, 0.29) is 56.9 Å². The predicted octanol–water partition coefficient (Wildman–Crippen LogP) is -4.25. The summed E-state index contributed by atoms with van der Waals surface area (Å²) in [4.78, 5) is 21.4. The molecule has 0 aliphatic heterocycles. The van der Waals surface area contributed by atoms with Crippen molar-refractivity contribution in [2.45, 2.75) is 0 Å². The number of benzene rings is 1. The molecular formula is C9H9KN2O3. The minimum absolute atomic E-state index is 0. The monoisotopic (exact) mass is 232 g/mol. The topological polar surface area (TPSA) is 95.2 Å². The van der Waals surface area contributed by atoms with Gasteiger partial charge in [0.05, 0.1) is 18.1 Å². The minimum Gasteiger partial charge on any atom is -0.548 e. The molecule has 0 aliphatic carbocycles. The summed E-state index contributed by atoms with van der Waals surface area (Å²) in [7, 11) is 0. The van der Waals surface area contributed by atoms with Gasteiger partial charge in [-0.05, 0) is 12.1 Å². The summed E-state index contributed by atoms with van der Waals surface area (Å²) in [5.74, 6) is -1.86. The van der Waals surface area contributed by atoms with Crippen LogP contribution in [0.4, 0.5) is 5.69 Å². The van der Waals surface area contributed by atoms with Crippen LogP contribution in [0.5, 0.6) is 0 Å². The molecule has 0 unspecified atom stereocenters. The summed E-state index contributed by atoms with van der Waals surface area (Å²) >= 11 is 0. The number of rotatable bonds is 3. The summed E-state index contributed by atoms with van der Waals surface area (Å²) in [5, 5.41) is 12.2. The van der Waals surface area contributed by atoms with Crippen LogP contribution in [0.3, 0.4) is 0 Å². The van der Waals surface area contributed by atoms with Crippen molar-refractivity contribution >= 4 is 17.6 Å². The van der Waals surface area contributed by atoms with Crippen LogP contribution in [0.1, 0.15) is 10.4 Å². The summed E-state index contributed by atoms with van der Waals surface area (Å²) in [5.41, 5.74) is 6.07. The molecule has 1 rings (SSSR count). The third-order valence-corrected chi connectivity index (χ3v) is 1.60. The second kappa shape index (κ2) is 6.97. The summed E-state index contributed by atoms with van der Waals surface area (Å²) in [6.07, 6.45) is 0. The molecule has 5 nitrogen and oxygen atoms in total. The number of carbonyl (C=O) groups is 2. The quantitative estimate of drug-likeness (QED) is 0.407. The fourth-order valence-electron chi connectivity index (χ4n) is 0.951. The Morgan fingerprint density at radius 3 is 2.47 bits per heavy atom. The Labute approximate surface area is 129 Å². The Morgan fingerprint density at radius 2 is 1.93 bits per heavy atom. The summed E-state index contributed by atoms with van der Waals surface area (Å²) in [6, 6.07) is 6.41. The number of amides is 1. The van der Waals surface area contributed by atoms with Gasteiger partial charge in [0, 0.05) is 5.69 Å². The van der Waals surface area contributed by atoms with Gasteiger partial charge in [0.15, 0.2) is 0 Å². The average molecular weight is 232 g/mol. The number of hydrogen-bond acceptors (Lipinski definition) is 4. The number of aliphatic carboxylic acids is 1. The van der Waals surface area contributed by atoms with Gasteiger partial charge < -0.3 is 21.0 Å². The van der Waals surface area contributed by atoms with Gasteiger partial charge in [-0.1, -0.05) is 12.1 Å². The maximum Gasteiger partial charge on any atom is 1.00 e. The van der Waals surface area contributed by atoms with E-state index in [0.29, 0.717) is 5.69 Å². The van der Waals surface area contributed by atoms with Crippen LogP contribution in [0.25, 0.3) is 0 Å². The van der Waals surface area contributed by atoms with E-state index in [1.165, 1.54) is 6.07 Å². The fraction of sp³-hybridized carbons (Fsp3) is 0.111. The molecule has 3 N–H and O–H groups in total. The largest absolute Gasteiger partial charge is 1.00 e. The first-order valence-electron chi connectivity index (χ1n) is 3.94. The first-order chi connectivity index (χ1) is 6.61. The maximum absolute atomic E-state index is 11.3. The van der Waals surface area contributed by atoms with Crippen molar-refractivity contribution in [3.05, 3.63) is 29.8 Å². The third kappa shape index (κ3) is 4.76. The van der Waals surface area contributed by atoms with E-state index in [4.69, 9.17) is 5.73 Å². The van der Waals surface area contributed by atoms with Crippen LogP contribution in [0.2, 0.25) is 0 Å². The molecule has 1 aromatic carbocycles. The van der Waals surface area contributed by atoms with Crippen LogP contribution in [0.15, 0.2) is 24.3 Å². The Balaban J connectivity index is 0.00000196. The maximum atomic E-state index is 11.3. The van der Waals surface area contributed by atoms with Gasteiger partial charge in [0.1, 0.15) is 0 Å². The number of para-hydroxylation sites is 1. The van der Waals surface area contributed by atoms with Gasteiger partial charge >= 0.3 is 51.4 Å². The number of hydrogen-bond donors (Lipinski definition) is 2. The van der Waals surface area contributed by atoms with E-state index in [1.807, 2.05) is 0 Å². The Morgan fingerprint density at radius 1 is 1.33 bits per heavy atom. The number of nitrogens with one attached hydrogen (secondary N) is 1. The number of anilines is 1. The molecule has 0 fully saturated rings. The van der Waals surface area contributed by atoms with E-state index >= 15 is 0 Å². The molecule has 6 heteroatoms. The molecule has 0 radical (unpaired) electrons. The molecular weight excluding hydrogens is 223 g/mol. The van der Waals surface area contributed by atoms with Gasteiger partial charge in [0.25, 0.3) is 5.91 Å². The first-order valence-corrected chi connectivity index (χ1v) is 3.94. The molecule has 74 valence electrons. The van der Waals surface area contributed by atoms with Crippen LogP contribution < -0.4 is 67.5 Å². The number of carboxylic acids is 1. The molecule has 15 heavy (non-hydrogen) atoms. The Kier molecular flexibility index (Phi) is 6.78. The molecule has 0 heterocycles. The molecule has 0 spiro atoms. The van der Waals surface area contributed by atoms with Crippen LogP contribution in [-0.2, 0) is 4.79 Å². The van der Waals surface area contributed by atoms with Gasteiger partial charge in [-0.3, -0.25) is 4.79 Å². The number of carboxylic acid groups (broad SMARTS) is 1. The third-order valence-electron chi connectivity index (χ3n) is 1.60. The van der Waals surface area contributed by atoms with Gasteiger partial charge in [0.2, 0.25) is 0 Å². The summed E-state index contributed by atoms with van der Waals surface area (Å²) in [6.45, 7) is -0.521. The van der Waals surface area contributed by atoms with E-state index in [9.17, 15) is 14.7 Å². The van der Waals surface area contributed by atoms with Crippen LogP contribution in [-0.4, -0.2) is 18.4 Å². The number of nitrogens with two attached hydrogens (primary N) is 1. The second-order valence-corrected chi connectivity index (χ2v) is 2.64. The Hall–Kier alpha value is -0.404. The zero-order valence-corrected chi connectivity index (χ0v) is 11.4. The first kappa shape index (κ1) is 14.6. The van der Waals surface area contributed by atoms with Crippen molar-refractivity contribution in [2.24, 2.45) is 0 Å². The zero-order valence-electron chi connectivity index (χ0n) is 8.32. The minimum atomic E-state index is -1.34. The zero-order chi connectivity index (χ0) is 10.6. The van der Waals surface area contributed by atoms with Crippen LogP contribution >= 0.6 is 0 Å². The van der Waals surface area contributed by atoms with Crippen LogP contribution in [0, 0.1) is 0 Å². The SMILES string of the molecule is Nc1ccccc1C(=O)NCC(=O)[O-].[K+]. The van der Waals surface area contributed by atoms with Crippen molar-refractivity contribution in [2.75, 3.05) is 12.3 Å². The molecule has 0 saturated carbocycles. The molecule has 0 bridgehead atoms. The predicted molar refractivity (Wildman–Crippen MR) is 48.2 cm³/mol. The number of carbonyl (C=O) groups excluding carboxylic acids is 2. The standard InChI is InChI=1S/C9H10N2O3.K/c10-7-4-2-1-3-6(7)9(14)11-5-8(12)13;/h1-4H,5,10H2,(H,11,14)(H,12,13);/q;+1/p-1. The average Bonchev–Trinajstić information content (AvgIpc) is 2.15. The molecule has 0 atom stereocenters. The van der Waals surface area contributed by atoms with E-state index in [0.717, 1.165) is 0 Å². The van der Waals surface area contributed by atoms with E-state index in [1.54, 1.807) is 18.2 Å². The van der Waals surface area contributed by atoms with Crippen molar-refractivity contribution in [3.8, 4) is 0 Å². The van der Waals surface area contributed by atoms with Gasteiger partial charge in [-0.25, -0.2) is 0 Å². The smallest absolute Gasteiger partial charge is 0.548 e. The fourth-order valence-corrected chi connectivity index (χ4v) is 0.951. The molecule has 1 aromatic rings. The normalized spacial score (nSPS) is 8.80. The number of nitrogen functional groups attached to an aromatic ring is 1. The molecule has 0 saturated heterocycles. The van der Waals surface area contributed by atoms with Crippen molar-refractivity contribution in [3.63, 3.8) is 0 Å². The van der Waals surface area contributed by atoms with Crippen molar-refractivity contribution in [1.82, 2.24) is 5.32 Å². The van der Waals surface area contributed by atoms with E-state index in [2.05, 4.69) is 5.32 Å².